The Labute approximate surface area is 416 Å². The van der Waals surface area contributed by atoms with Crippen LogP contribution in [0.15, 0.2) is 28.8 Å². The number of azide groups is 2. The lowest BCUT2D eigenvalue weighted by molar-refractivity contribution is -0.135. The van der Waals surface area contributed by atoms with Crippen molar-refractivity contribution in [3.8, 4) is 12.3 Å². The second kappa shape index (κ2) is 88.1. The van der Waals surface area contributed by atoms with Gasteiger partial charge in [0.2, 0.25) is 23.6 Å². The van der Waals surface area contributed by atoms with E-state index in [-0.39, 0.29) is 23.6 Å². The third-order valence-electron chi connectivity index (χ3n) is 5.04. The molecule has 0 saturated carbocycles. The molecule has 0 radical (unpaired) electrons. The number of hydrogen-bond acceptors (Lipinski definition) is 11. The summed E-state index contributed by atoms with van der Waals surface area (Å²) in [5.41, 5.74) is 17.8. The van der Waals surface area contributed by atoms with Gasteiger partial charge in [0.05, 0.1) is 11.9 Å². The highest BCUT2D eigenvalue weighted by Crippen LogP contribution is 1.95. The Bertz CT molecular complexity index is 1410. The maximum atomic E-state index is 10.5. The quantitative estimate of drug-likeness (QED) is 0.0302. The van der Waals surface area contributed by atoms with E-state index in [4.69, 9.17) is 30.9 Å². The van der Waals surface area contributed by atoms with Gasteiger partial charge < -0.3 is 31.5 Å². The fraction of sp³-hybridized carbons (Fsp3) is 0.717. The second-order valence-electron chi connectivity index (χ2n) is 11.0. The molecule has 0 aliphatic carbocycles. The number of carbonyl (C=O) groups excluding carboxylic acids is 4. The summed E-state index contributed by atoms with van der Waals surface area (Å²) in [6, 6.07) is 0. The van der Waals surface area contributed by atoms with Gasteiger partial charge in [-0.3, -0.25) is 38.1 Å². The fourth-order valence-corrected chi connectivity index (χ4v) is 3.02. The van der Waals surface area contributed by atoms with Crippen LogP contribution in [0.3, 0.4) is 0 Å². The lowest BCUT2D eigenvalue weighted by Gasteiger charge is -2.01. The second-order valence-corrected chi connectivity index (χ2v) is 11.0. The van der Waals surface area contributed by atoms with Crippen LogP contribution in [0.2, 0.25) is 0 Å². The molecule has 404 valence electrons. The summed E-state index contributed by atoms with van der Waals surface area (Å²) in [7, 11) is 0. The van der Waals surface area contributed by atoms with Crippen molar-refractivity contribution in [2.24, 2.45) is 10.2 Å². The first-order valence-corrected chi connectivity index (χ1v) is 23.4. The number of carbonyl (C=O) groups is 6. The van der Waals surface area contributed by atoms with Gasteiger partial charge in [-0.1, -0.05) is 98.5 Å². The molecule has 0 aromatic carbocycles. The molecular weight excluding hydrogens is 891 g/mol. The number of nitrogens with zero attached hydrogens (tertiary/aromatic N) is 11. The van der Waals surface area contributed by atoms with Gasteiger partial charge in [0.1, 0.15) is 0 Å². The average Bonchev–Trinajstić information content (AvgIpc) is 3.94. The minimum Gasteiger partial charge on any atom is -0.481 e. The molecule has 6 N–H and O–H groups in total. The monoisotopic (exact) mass is 988 g/mol. The molecule has 23 nitrogen and oxygen atoms in total. The summed E-state index contributed by atoms with van der Waals surface area (Å²) in [6.07, 6.45) is 13.5. The minimum absolute atomic E-state index is 0.00905. The van der Waals surface area contributed by atoms with E-state index in [1.54, 1.807) is 11.6 Å². The van der Waals surface area contributed by atoms with Crippen molar-refractivity contribution in [1.29, 1.82) is 0 Å². The summed E-state index contributed by atoms with van der Waals surface area (Å²) in [4.78, 5) is 64.7. The number of nitrogens with one attached hydrogen (secondary N) is 4. The Hall–Kier alpha value is -6.65. The van der Waals surface area contributed by atoms with Crippen molar-refractivity contribution in [3.05, 3.63) is 50.7 Å². The summed E-state index contributed by atoms with van der Waals surface area (Å²) in [5, 5.41) is 43.9. The van der Waals surface area contributed by atoms with Crippen LogP contribution in [0.25, 0.3) is 20.9 Å². The predicted molar refractivity (Wildman–Crippen MR) is 282 cm³/mol. The molecule has 2 aromatic heterocycles. The molecule has 0 aliphatic heterocycles. The first kappa shape index (κ1) is 89.0. The zero-order valence-electron chi connectivity index (χ0n) is 46.6. The highest BCUT2D eigenvalue weighted by Gasteiger charge is 1.96. The zero-order chi connectivity index (χ0) is 56.9. The predicted octanol–water partition coefficient (Wildman–Crippen LogP) is 9.45. The van der Waals surface area contributed by atoms with Gasteiger partial charge in [0, 0.05) is 116 Å². The highest BCUT2D eigenvalue weighted by atomic mass is 16.4. The molecule has 69 heavy (non-hydrogen) atoms. The van der Waals surface area contributed by atoms with E-state index >= 15 is 0 Å². The largest absolute Gasteiger partial charge is 0.481 e. The minimum atomic E-state index is -0.833. The van der Waals surface area contributed by atoms with Gasteiger partial charge in [-0.15, -0.1) is 17.4 Å². The number of aromatic nitrogens is 5. The molecule has 0 atom stereocenters. The highest BCUT2D eigenvalue weighted by molar-refractivity contribution is 5.73. The number of aliphatic carboxylic acids is 2. The van der Waals surface area contributed by atoms with Crippen molar-refractivity contribution >= 4 is 35.6 Å². The Morgan fingerprint density at radius 3 is 1.09 bits per heavy atom. The molecule has 2 aromatic rings. The lowest BCUT2D eigenvalue weighted by Crippen LogP contribution is -2.22. The number of hydrogen-bond donors (Lipinski definition) is 6. The standard InChI is InChI=1S/C9H15N3O.C8H14N4O.2C5H10N4O.C3H4.2C2H4O2.6C2H6/c1-8-6-11-12(7-8)5-3-4-10-9(2)13;1-7-6-12(11-10-7)5-3-4-9-8(2)13;2*1-5(10)7-3-2-4-8-9-6;1-3-2;2*1-2(3)4;6*1-2/h6-7H,3-5H2,1-2H3,(H,10,13);6H,3-5H2,1-2H3,(H,9,13);2*2-4H2,1H3,(H,7,10);1H,2H3;2*1H3,(H,3,4);6*1-2H3. The molecule has 0 unspecified atom stereocenters. The third kappa shape index (κ3) is 140. The van der Waals surface area contributed by atoms with Crippen molar-refractivity contribution in [1.82, 2.24) is 46.0 Å². The maximum Gasteiger partial charge on any atom is 0.300 e. The van der Waals surface area contributed by atoms with Crippen LogP contribution in [0, 0.1) is 26.2 Å². The van der Waals surface area contributed by atoms with Gasteiger partial charge in [-0.05, 0) is 63.1 Å². The average molecular weight is 988 g/mol. The van der Waals surface area contributed by atoms with Crippen LogP contribution in [0.5, 0.6) is 0 Å². The van der Waals surface area contributed by atoms with Gasteiger partial charge in [-0.2, -0.15) is 5.10 Å². The van der Waals surface area contributed by atoms with Crippen LogP contribution < -0.4 is 21.3 Å². The molecule has 0 bridgehead atoms. The SMILES string of the molecule is C#CC.CC.CC.CC.CC.CC.CC.CC(=O)NCCCN=[N+]=[N-].CC(=O)NCCCN=[N+]=[N-].CC(=O)NCCCn1cc(C)cn1.CC(=O)NCCCn1cc(C)nn1.CC(=O)O.CC(=O)O. The number of aryl methyl sites for hydroxylation is 4. The molecular formula is C46H97N15O8. The zero-order valence-corrected chi connectivity index (χ0v) is 46.6. The van der Waals surface area contributed by atoms with Gasteiger partial charge in [-0.25, -0.2) is 0 Å². The van der Waals surface area contributed by atoms with Crippen LogP contribution in [-0.2, 0) is 41.9 Å². The van der Waals surface area contributed by atoms with E-state index in [2.05, 4.69) is 69.1 Å². The summed E-state index contributed by atoms with van der Waals surface area (Å²) < 4.78 is 3.66. The summed E-state index contributed by atoms with van der Waals surface area (Å²) in [6.45, 7) is 42.8. The number of carboxylic acids is 2. The molecule has 0 fully saturated rings. The molecule has 0 spiro atoms. The number of amides is 4. The number of rotatable bonds is 16. The van der Waals surface area contributed by atoms with Crippen LogP contribution in [0.4, 0.5) is 0 Å². The van der Waals surface area contributed by atoms with Crippen LogP contribution in [0.1, 0.15) is 168 Å². The molecule has 2 rings (SSSR count). The lowest BCUT2D eigenvalue weighted by atomic mass is 10.4. The smallest absolute Gasteiger partial charge is 0.300 e. The summed E-state index contributed by atoms with van der Waals surface area (Å²) in [5.74, 6) is 0.508. The maximum absolute atomic E-state index is 10.5. The van der Waals surface area contributed by atoms with Crippen molar-refractivity contribution in [3.63, 3.8) is 0 Å². The van der Waals surface area contributed by atoms with E-state index in [0.29, 0.717) is 52.1 Å². The van der Waals surface area contributed by atoms with E-state index in [1.165, 1.54) is 33.3 Å². The number of carboxylic acid groups (broad SMARTS) is 2. The fourth-order valence-electron chi connectivity index (χ4n) is 3.02. The summed E-state index contributed by atoms with van der Waals surface area (Å²) >= 11 is 0. The van der Waals surface area contributed by atoms with Gasteiger partial charge >= 0.3 is 0 Å². The van der Waals surface area contributed by atoms with Crippen LogP contribution in [-0.4, -0.2) is 110 Å². The normalized spacial score (nSPS) is 7.48. The first-order valence-electron chi connectivity index (χ1n) is 23.4. The third-order valence-corrected chi connectivity index (χ3v) is 5.04. The Balaban J connectivity index is -0.0000000633. The van der Waals surface area contributed by atoms with Crippen molar-refractivity contribution in [2.45, 2.75) is 184 Å². The van der Waals surface area contributed by atoms with Crippen molar-refractivity contribution < 1.29 is 39.0 Å². The topological polar surface area (TPSA) is 337 Å². The van der Waals surface area contributed by atoms with Gasteiger partial charge in [0.15, 0.2) is 0 Å². The number of terminal acetylenes is 1. The van der Waals surface area contributed by atoms with E-state index < -0.39 is 11.9 Å². The van der Waals surface area contributed by atoms with E-state index in [0.717, 1.165) is 45.5 Å². The van der Waals surface area contributed by atoms with E-state index in [9.17, 15) is 19.2 Å². The molecule has 23 heteroatoms. The van der Waals surface area contributed by atoms with Gasteiger partial charge in [0.25, 0.3) is 11.9 Å². The molecule has 0 aliphatic rings. The van der Waals surface area contributed by atoms with Crippen LogP contribution >= 0.6 is 0 Å². The molecule has 2 heterocycles. The first-order chi connectivity index (χ1) is 32.8. The van der Waals surface area contributed by atoms with Crippen molar-refractivity contribution in [2.75, 3.05) is 39.3 Å². The Morgan fingerprint density at radius 2 is 0.870 bits per heavy atom. The molecule has 0 saturated heterocycles. The molecule has 4 amide bonds. The Morgan fingerprint density at radius 1 is 0.594 bits per heavy atom. The van der Waals surface area contributed by atoms with E-state index in [1.807, 2.05) is 120 Å². The Kier molecular flexibility index (Phi) is 114.